The Kier molecular flexibility index (Phi) is 5.02. The van der Waals surface area contributed by atoms with Crippen molar-refractivity contribution < 1.29 is 18.3 Å². The van der Waals surface area contributed by atoms with Crippen molar-refractivity contribution in [3.63, 3.8) is 0 Å². The van der Waals surface area contributed by atoms with E-state index in [0.29, 0.717) is 11.3 Å². The molecular weight excluding hydrogens is 242 g/mol. The van der Waals surface area contributed by atoms with E-state index in [-0.39, 0.29) is 6.54 Å². The van der Waals surface area contributed by atoms with Crippen molar-refractivity contribution in [2.45, 2.75) is 13.5 Å². The van der Waals surface area contributed by atoms with Gasteiger partial charge in [-0.3, -0.25) is 4.55 Å². The molecule has 0 fully saturated rings. The zero-order valence-electron chi connectivity index (χ0n) is 9.30. The lowest BCUT2D eigenvalue weighted by Crippen LogP contribution is -2.15. The molecule has 6 heteroatoms. The van der Waals surface area contributed by atoms with E-state index in [0.717, 1.165) is 5.56 Å². The molecule has 0 saturated carbocycles. The van der Waals surface area contributed by atoms with Crippen molar-refractivity contribution in [1.82, 2.24) is 4.72 Å². The Morgan fingerprint density at radius 1 is 1.47 bits per heavy atom. The maximum absolute atomic E-state index is 11.2. The number of carbonyl (C=O) groups is 1. The molecule has 1 unspecified atom stereocenters. The van der Waals surface area contributed by atoms with Crippen LogP contribution >= 0.6 is 0 Å². The summed E-state index contributed by atoms with van der Waals surface area (Å²) >= 11 is -2.03. The van der Waals surface area contributed by atoms with E-state index in [1.165, 1.54) is 0 Å². The minimum absolute atomic E-state index is 0.262. The highest BCUT2D eigenvalue weighted by Crippen LogP contribution is 2.13. The van der Waals surface area contributed by atoms with E-state index >= 15 is 0 Å². The molecule has 0 amide bonds. The molecule has 0 aromatic heterocycles. The fraction of sp³-hybridized carbons (Fsp3) is 0.182. The Morgan fingerprint density at radius 3 is 2.53 bits per heavy atom. The first-order valence-corrected chi connectivity index (χ1v) is 5.90. The Balaban J connectivity index is 2.58. The third-order valence-corrected chi connectivity index (χ3v) is 2.27. The second kappa shape index (κ2) is 6.29. The molecule has 0 bridgehead atoms. The van der Waals surface area contributed by atoms with Crippen LogP contribution in [0.5, 0.6) is 5.75 Å². The fourth-order valence-corrected chi connectivity index (χ4v) is 1.30. The quantitative estimate of drug-likeness (QED) is 0.361. The van der Waals surface area contributed by atoms with Crippen LogP contribution in [-0.2, 0) is 22.6 Å². The third kappa shape index (κ3) is 4.90. The maximum Gasteiger partial charge on any atom is 0.338 e. The summed E-state index contributed by atoms with van der Waals surface area (Å²) in [5.41, 5.74) is 1.13. The number of hydrogen-bond acceptors (Lipinski definition) is 3. The lowest BCUT2D eigenvalue weighted by Gasteiger charge is -2.05. The second-order valence-corrected chi connectivity index (χ2v) is 4.17. The molecule has 0 aliphatic heterocycles. The largest absolute Gasteiger partial charge is 0.423 e. The highest BCUT2D eigenvalue weighted by Gasteiger charge is 2.04. The zero-order chi connectivity index (χ0) is 12.8. The molecule has 2 N–H and O–H groups in total. The summed E-state index contributed by atoms with van der Waals surface area (Å²) in [5, 5.41) is 0. The molecule has 0 saturated heterocycles. The number of ether oxygens (including phenoxy) is 1. The van der Waals surface area contributed by atoms with Gasteiger partial charge in [0.15, 0.2) is 0 Å². The second-order valence-electron chi connectivity index (χ2n) is 3.38. The summed E-state index contributed by atoms with van der Waals surface area (Å²) in [6.45, 7) is 5.30. The first kappa shape index (κ1) is 13.6. The van der Waals surface area contributed by atoms with Crippen LogP contribution in [-0.4, -0.2) is 14.7 Å². The van der Waals surface area contributed by atoms with Gasteiger partial charge in [-0.15, -0.1) is 0 Å². The normalized spacial score (nSPS) is 11.9. The van der Waals surface area contributed by atoms with E-state index < -0.39 is 17.2 Å². The van der Waals surface area contributed by atoms with E-state index in [1.807, 2.05) is 0 Å². The maximum atomic E-state index is 11.2. The molecule has 0 heterocycles. The first-order valence-electron chi connectivity index (χ1n) is 4.80. The fourth-order valence-electron chi connectivity index (χ4n) is 1.01. The molecule has 0 spiro atoms. The van der Waals surface area contributed by atoms with Gasteiger partial charge in [-0.2, -0.15) is 0 Å². The molecule has 1 aromatic carbocycles. The number of rotatable bonds is 5. The SMILES string of the molecule is C=C(C)C(=O)Oc1ccc(CNS(=O)O)cc1. The van der Waals surface area contributed by atoms with E-state index in [1.54, 1.807) is 31.2 Å². The average molecular weight is 255 g/mol. The zero-order valence-corrected chi connectivity index (χ0v) is 10.1. The van der Waals surface area contributed by atoms with Crippen LogP contribution in [0.3, 0.4) is 0 Å². The summed E-state index contributed by atoms with van der Waals surface area (Å²) < 4.78 is 26.2. The number of carbonyl (C=O) groups excluding carboxylic acids is 1. The monoisotopic (exact) mass is 255 g/mol. The van der Waals surface area contributed by atoms with Gasteiger partial charge in [0.05, 0.1) is 0 Å². The van der Waals surface area contributed by atoms with Gasteiger partial charge < -0.3 is 4.74 Å². The summed E-state index contributed by atoms with van der Waals surface area (Å²) in [7, 11) is 0. The van der Waals surface area contributed by atoms with Crippen LogP contribution in [0.25, 0.3) is 0 Å². The average Bonchev–Trinajstić information content (AvgIpc) is 2.28. The van der Waals surface area contributed by atoms with Crippen molar-refractivity contribution >= 4 is 17.2 Å². The Labute approximate surface area is 102 Å². The predicted molar refractivity (Wildman–Crippen MR) is 64.5 cm³/mol. The van der Waals surface area contributed by atoms with Crippen molar-refractivity contribution in [3.05, 3.63) is 42.0 Å². The number of hydrogen-bond donors (Lipinski definition) is 2. The molecule has 5 nitrogen and oxygen atoms in total. The standard InChI is InChI=1S/C11H13NO4S/c1-8(2)11(13)16-10-5-3-9(4-6-10)7-12-17(14)15/h3-6,12H,1,7H2,2H3,(H,14,15). The Bertz CT molecular complexity index is 441. The van der Waals surface area contributed by atoms with Gasteiger partial charge in [0.2, 0.25) is 11.3 Å². The molecule has 0 radical (unpaired) electrons. The predicted octanol–water partition coefficient (Wildman–Crippen LogP) is 1.39. The lowest BCUT2D eigenvalue weighted by atomic mass is 10.2. The van der Waals surface area contributed by atoms with Crippen LogP contribution in [0, 0.1) is 0 Å². The summed E-state index contributed by atoms with van der Waals surface area (Å²) in [6.07, 6.45) is 0. The topological polar surface area (TPSA) is 75.6 Å². The summed E-state index contributed by atoms with van der Waals surface area (Å²) in [4.78, 5) is 11.2. The number of benzene rings is 1. The lowest BCUT2D eigenvalue weighted by molar-refractivity contribution is -0.130. The molecule has 92 valence electrons. The smallest absolute Gasteiger partial charge is 0.338 e. The minimum Gasteiger partial charge on any atom is -0.423 e. The molecule has 1 aromatic rings. The number of esters is 1. The van der Waals surface area contributed by atoms with Gasteiger partial charge in [0, 0.05) is 12.1 Å². The number of nitrogens with one attached hydrogen (secondary N) is 1. The van der Waals surface area contributed by atoms with Gasteiger partial charge in [-0.05, 0) is 24.6 Å². The van der Waals surface area contributed by atoms with Gasteiger partial charge >= 0.3 is 5.97 Å². The molecule has 1 atom stereocenters. The Hall–Kier alpha value is -1.50. The van der Waals surface area contributed by atoms with Crippen molar-refractivity contribution in [2.75, 3.05) is 0 Å². The van der Waals surface area contributed by atoms with Gasteiger partial charge in [0.25, 0.3) is 0 Å². The Morgan fingerprint density at radius 2 is 2.06 bits per heavy atom. The molecule has 0 aliphatic carbocycles. The highest BCUT2D eigenvalue weighted by molar-refractivity contribution is 7.77. The third-order valence-electron chi connectivity index (χ3n) is 1.88. The molecular formula is C11H13NO4S. The summed E-state index contributed by atoms with van der Waals surface area (Å²) in [6, 6.07) is 6.61. The van der Waals surface area contributed by atoms with Crippen LogP contribution in [0.1, 0.15) is 12.5 Å². The van der Waals surface area contributed by atoms with E-state index in [4.69, 9.17) is 9.29 Å². The summed E-state index contributed by atoms with van der Waals surface area (Å²) in [5.74, 6) is -0.0702. The highest BCUT2D eigenvalue weighted by atomic mass is 32.2. The van der Waals surface area contributed by atoms with Crippen LogP contribution < -0.4 is 9.46 Å². The molecule has 17 heavy (non-hydrogen) atoms. The van der Waals surface area contributed by atoms with Crippen LogP contribution in [0.2, 0.25) is 0 Å². The van der Waals surface area contributed by atoms with E-state index in [2.05, 4.69) is 11.3 Å². The molecule has 1 rings (SSSR count). The molecule has 0 aliphatic rings. The van der Waals surface area contributed by atoms with Crippen LogP contribution in [0.15, 0.2) is 36.4 Å². The van der Waals surface area contributed by atoms with Gasteiger partial charge in [-0.1, -0.05) is 18.7 Å². The van der Waals surface area contributed by atoms with Crippen molar-refractivity contribution in [3.8, 4) is 5.75 Å². The van der Waals surface area contributed by atoms with Crippen molar-refractivity contribution in [1.29, 1.82) is 0 Å². The van der Waals surface area contributed by atoms with Gasteiger partial charge in [-0.25, -0.2) is 13.7 Å². The van der Waals surface area contributed by atoms with E-state index in [9.17, 15) is 9.00 Å². The van der Waals surface area contributed by atoms with Gasteiger partial charge in [0.1, 0.15) is 5.75 Å². The first-order chi connectivity index (χ1) is 7.99. The van der Waals surface area contributed by atoms with Crippen molar-refractivity contribution in [2.24, 2.45) is 0 Å². The van der Waals surface area contributed by atoms with Crippen LogP contribution in [0.4, 0.5) is 0 Å². The minimum atomic E-state index is -2.03.